The summed E-state index contributed by atoms with van der Waals surface area (Å²) in [5, 5.41) is 9.08. The van der Waals surface area contributed by atoms with Crippen LogP contribution in [0.5, 0.6) is 11.6 Å². The van der Waals surface area contributed by atoms with Crippen molar-refractivity contribution in [3.05, 3.63) is 39.5 Å². The van der Waals surface area contributed by atoms with Gasteiger partial charge in [-0.2, -0.15) is 0 Å². The summed E-state index contributed by atoms with van der Waals surface area (Å²) in [5.74, 6) is 1.37. The van der Waals surface area contributed by atoms with Gasteiger partial charge < -0.3 is 9.47 Å². The first kappa shape index (κ1) is 22.0. The number of rotatable bonds is 7. The Morgan fingerprint density at radius 1 is 1.32 bits per heavy atom. The molecular weight excluding hydrogens is 484 g/mol. The monoisotopic (exact) mass is 506 g/mol. The molecule has 0 amide bonds. The largest absolute Gasteiger partial charge is 0.460 e. The summed E-state index contributed by atoms with van der Waals surface area (Å²) >= 11 is 9.74. The van der Waals surface area contributed by atoms with Gasteiger partial charge >= 0.3 is 5.97 Å². The fourth-order valence-corrected chi connectivity index (χ4v) is 3.89. The first-order valence-corrected chi connectivity index (χ1v) is 11.4. The van der Waals surface area contributed by atoms with Gasteiger partial charge in [-0.1, -0.05) is 16.8 Å². The number of pyridine rings is 1. The van der Waals surface area contributed by atoms with Crippen LogP contribution in [0.3, 0.4) is 0 Å². The molecule has 0 bridgehead atoms. The smallest absolute Gasteiger partial charge is 0.306 e. The van der Waals surface area contributed by atoms with Crippen LogP contribution in [-0.4, -0.2) is 31.5 Å². The Hall–Kier alpha value is -2.19. The van der Waals surface area contributed by atoms with Crippen molar-refractivity contribution in [1.82, 2.24) is 20.0 Å². The molecular formula is C22H24BrClN4O3. The average Bonchev–Trinajstić information content (AvgIpc) is 3.41. The van der Waals surface area contributed by atoms with Crippen LogP contribution in [0.25, 0.3) is 11.0 Å². The Kier molecular flexibility index (Phi) is 6.21. The van der Waals surface area contributed by atoms with Gasteiger partial charge in [-0.15, -0.1) is 5.10 Å². The van der Waals surface area contributed by atoms with Gasteiger partial charge in [-0.05, 0) is 80.1 Å². The highest BCUT2D eigenvalue weighted by Gasteiger charge is 2.24. The number of aryl methyl sites for hydroxylation is 1. The number of ether oxygens (including phenoxy) is 2. The lowest BCUT2D eigenvalue weighted by atomic mass is 10.1. The van der Waals surface area contributed by atoms with E-state index in [1.54, 1.807) is 6.07 Å². The zero-order chi connectivity index (χ0) is 22.2. The summed E-state index contributed by atoms with van der Waals surface area (Å²) in [5.41, 5.74) is 1.89. The second-order valence-corrected chi connectivity index (χ2v) is 10.00. The molecule has 0 saturated heterocycles. The Labute approximate surface area is 194 Å². The van der Waals surface area contributed by atoms with Crippen LogP contribution in [0, 0.1) is 5.92 Å². The number of hydrogen-bond acceptors (Lipinski definition) is 6. The van der Waals surface area contributed by atoms with Gasteiger partial charge in [-0.3, -0.25) is 4.79 Å². The maximum atomic E-state index is 12.1. The van der Waals surface area contributed by atoms with E-state index in [1.165, 1.54) is 19.0 Å². The molecule has 0 unspecified atom stereocenters. The van der Waals surface area contributed by atoms with E-state index in [0.717, 1.165) is 23.1 Å². The number of nitrogens with zero attached hydrogens (tertiary/aromatic N) is 4. The maximum Gasteiger partial charge on any atom is 0.306 e. The molecule has 1 aromatic carbocycles. The summed E-state index contributed by atoms with van der Waals surface area (Å²) in [6.45, 7) is 6.41. The van der Waals surface area contributed by atoms with Crippen molar-refractivity contribution >= 4 is 44.5 Å². The number of carbonyl (C=O) groups excluding carboxylic acids is 1. The van der Waals surface area contributed by atoms with Crippen molar-refractivity contribution < 1.29 is 14.3 Å². The maximum absolute atomic E-state index is 12.1. The molecule has 1 fully saturated rings. The van der Waals surface area contributed by atoms with Crippen LogP contribution in [-0.2, 0) is 22.5 Å². The molecule has 2 heterocycles. The summed E-state index contributed by atoms with van der Waals surface area (Å²) in [7, 11) is 0. The number of fused-ring (bicyclic) bond motifs is 1. The Morgan fingerprint density at radius 2 is 2.10 bits per heavy atom. The van der Waals surface area contributed by atoms with Crippen molar-refractivity contribution in [2.45, 2.75) is 58.6 Å². The molecule has 1 saturated carbocycles. The molecule has 9 heteroatoms. The van der Waals surface area contributed by atoms with E-state index in [1.807, 2.05) is 37.6 Å². The highest BCUT2D eigenvalue weighted by molar-refractivity contribution is 9.10. The molecule has 4 rings (SSSR count). The van der Waals surface area contributed by atoms with Gasteiger partial charge in [0.15, 0.2) is 0 Å². The average molecular weight is 508 g/mol. The molecule has 0 radical (unpaired) electrons. The quantitative estimate of drug-likeness (QED) is 0.381. The Morgan fingerprint density at radius 3 is 2.81 bits per heavy atom. The SMILES string of the molecule is CC(C)(C)OC(=O)CCc1cc(Cl)cnc1Oc1ccc2c(nnn2CC2CC2)c1Br. The Bertz CT molecular complexity index is 1120. The zero-order valence-electron chi connectivity index (χ0n) is 17.7. The molecule has 1 aliphatic carbocycles. The van der Waals surface area contributed by atoms with Gasteiger partial charge in [0.1, 0.15) is 16.9 Å². The van der Waals surface area contributed by atoms with Gasteiger partial charge in [0.2, 0.25) is 5.88 Å². The molecule has 3 aromatic rings. The van der Waals surface area contributed by atoms with Crippen molar-refractivity contribution in [1.29, 1.82) is 0 Å². The number of benzene rings is 1. The number of carbonyl (C=O) groups is 1. The summed E-state index contributed by atoms with van der Waals surface area (Å²) < 4.78 is 14.1. The topological polar surface area (TPSA) is 79.1 Å². The van der Waals surface area contributed by atoms with E-state index in [4.69, 9.17) is 21.1 Å². The standard InChI is InChI=1S/C22H24BrClN4O3/c1-22(2,3)31-18(29)9-6-14-10-15(24)11-25-21(14)30-17-8-7-16-20(19(17)23)26-27-28(16)12-13-4-5-13/h7-8,10-11,13H,4-6,9,12H2,1-3H3. The lowest BCUT2D eigenvalue weighted by Crippen LogP contribution is -2.24. The molecule has 0 aliphatic heterocycles. The van der Waals surface area contributed by atoms with Crippen molar-refractivity contribution in [2.24, 2.45) is 5.92 Å². The minimum absolute atomic E-state index is 0.200. The lowest BCUT2D eigenvalue weighted by Gasteiger charge is -2.19. The highest BCUT2D eigenvalue weighted by Crippen LogP contribution is 2.37. The van der Waals surface area contributed by atoms with Crippen molar-refractivity contribution in [2.75, 3.05) is 0 Å². The summed E-state index contributed by atoms with van der Waals surface area (Å²) in [4.78, 5) is 16.5. The van der Waals surface area contributed by atoms with E-state index >= 15 is 0 Å². The van der Waals surface area contributed by atoms with Crippen LogP contribution in [0.2, 0.25) is 5.02 Å². The summed E-state index contributed by atoms with van der Waals surface area (Å²) in [6.07, 6.45) is 4.61. The zero-order valence-corrected chi connectivity index (χ0v) is 20.0. The van der Waals surface area contributed by atoms with Crippen molar-refractivity contribution in [3.63, 3.8) is 0 Å². The molecule has 0 atom stereocenters. The fraction of sp³-hybridized carbons (Fsp3) is 0.455. The third-order valence-electron chi connectivity index (χ3n) is 4.84. The lowest BCUT2D eigenvalue weighted by molar-refractivity contribution is -0.154. The number of halogens is 2. The van der Waals surface area contributed by atoms with Crippen LogP contribution in [0.4, 0.5) is 0 Å². The van der Waals surface area contributed by atoms with Gasteiger partial charge in [-0.25, -0.2) is 9.67 Å². The molecule has 164 valence electrons. The van der Waals surface area contributed by atoms with Gasteiger partial charge in [0.05, 0.1) is 15.0 Å². The van der Waals surface area contributed by atoms with E-state index in [9.17, 15) is 4.79 Å². The second-order valence-electron chi connectivity index (χ2n) is 8.77. The number of aromatic nitrogens is 4. The second kappa shape index (κ2) is 8.74. The number of hydrogen-bond donors (Lipinski definition) is 0. The first-order chi connectivity index (χ1) is 14.7. The summed E-state index contributed by atoms with van der Waals surface area (Å²) in [6, 6.07) is 5.58. The number of esters is 1. The molecule has 1 aliphatic rings. The minimum Gasteiger partial charge on any atom is -0.460 e. The first-order valence-electron chi connectivity index (χ1n) is 10.3. The predicted molar refractivity (Wildman–Crippen MR) is 121 cm³/mol. The van der Waals surface area contributed by atoms with E-state index in [2.05, 4.69) is 31.2 Å². The van der Waals surface area contributed by atoms with Crippen LogP contribution >= 0.6 is 27.5 Å². The predicted octanol–water partition coefficient (Wildman–Crippen LogP) is 5.72. The minimum atomic E-state index is -0.528. The van der Waals surface area contributed by atoms with Gasteiger partial charge in [0, 0.05) is 24.7 Å². The van der Waals surface area contributed by atoms with Crippen molar-refractivity contribution in [3.8, 4) is 11.6 Å². The third kappa shape index (κ3) is 5.54. The third-order valence-corrected chi connectivity index (χ3v) is 5.81. The normalized spacial score (nSPS) is 14.1. The molecule has 0 N–H and O–H groups in total. The van der Waals surface area contributed by atoms with Gasteiger partial charge in [0.25, 0.3) is 0 Å². The van der Waals surface area contributed by atoms with Crippen LogP contribution in [0.1, 0.15) is 45.6 Å². The van der Waals surface area contributed by atoms with E-state index < -0.39 is 5.60 Å². The van der Waals surface area contributed by atoms with Crippen LogP contribution < -0.4 is 4.74 Å². The molecule has 0 spiro atoms. The van der Waals surface area contributed by atoms with E-state index in [0.29, 0.717) is 33.5 Å². The highest BCUT2D eigenvalue weighted by atomic mass is 79.9. The molecule has 7 nitrogen and oxygen atoms in total. The fourth-order valence-electron chi connectivity index (χ4n) is 3.22. The molecule has 31 heavy (non-hydrogen) atoms. The molecule has 2 aromatic heterocycles. The van der Waals surface area contributed by atoms with Crippen LogP contribution in [0.15, 0.2) is 28.9 Å². The Balaban J connectivity index is 1.54. The van der Waals surface area contributed by atoms with E-state index in [-0.39, 0.29) is 12.4 Å².